The number of nitrogens with zero attached hydrogens (tertiary/aromatic N) is 2. The van der Waals surface area contributed by atoms with Gasteiger partial charge in [-0.25, -0.2) is 0 Å². The normalized spacial score (nSPS) is 22.0. The lowest BCUT2D eigenvalue weighted by Gasteiger charge is -2.51. The van der Waals surface area contributed by atoms with Gasteiger partial charge in [-0.05, 0) is 71.9 Å². The molecule has 2 aliphatic rings. The van der Waals surface area contributed by atoms with Gasteiger partial charge in [-0.1, -0.05) is 67.5 Å². The first kappa shape index (κ1) is 23.4. The topological polar surface area (TPSA) is 6.48 Å². The number of allylic oxidation sites excluding steroid dienone is 3. The fourth-order valence-electron chi connectivity index (χ4n) is 5.53. The van der Waals surface area contributed by atoms with Gasteiger partial charge in [-0.15, -0.1) is 0 Å². The number of aryl methyl sites for hydroxylation is 2. The number of hydrogen-bond acceptors (Lipinski definition) is 2. The molecule has 0 spiro atoms. The van der Waals surface area contributed by atoms with E-state index in [0.29, 0.717) is 0 Å². The van der Waals surface area contributed by atoms with Crippen molar-refractivity contribution >= 4 is 0 Å². The molecule has 1 aliphatic heterocycles. The molecule has 1 aromatic carbocycles. The molecule has 168 valence electrons. The molecule has 1 aliphatic carbocycles. The summed E-state index contributed by atoms with van der Waals surface area (Å²) in [5.74, 6) is 0. The van der Waals surface area contributed by atoms with E-state index in [0.717, 1.165) is 24.2 Å². The van der Waals surface area contributed by atoms with Crippen LogP contribution in [0.15, 0.2) is 66.2 Å². The third kappa shape index (κ3) is 4.40. The van der Waals surface area contributed by atoms with E-state index in [1.54, 1.807) is 0 Å². The maximum atomic E-state index is 4.68. The first-order chi connectivity index (χ1) is 14.4. The van der Waals surface area contributed by atoms with Crippen LogP contribution < -0.4 is 0 Å². The fraction of sp³-hybridized carbons (Fsp3) is 0.517. The van der Waals surface area contributed by atoms with Crippen LogP contribution in [0.25, 0.3) is 0 Å². The molecule has 0 amide bonds. The van der Waals surface area contributed by atoms with Crippen LogP contribution in [0.2, 0.25) is 0 Å². The smallest absolute Gasteiger partial charge is 0.0672 e. The van der Waals surface area contributed by atoms with Crippen molar-refractivity contribution in [1.82, 2.24) is 9.80 Å². The summed E-state index contributed by atoms with van der Waals surface area (Å²) in [6, 6.07) is 7.10. The Morgan fingerprint density at radius 3 is 2.06 bits per heavy atom. The van der Waals surface area contributed by atoms with Crippen molar-refractivity contribution < 1.29 is 0 Å². The summed E-state index contributed by atoms with van der Waals surface area (Å²) in [6.45, 7) is 27.6. The van der Waals surface area contributed by atoms with Crippen LogP contribution in [-0.2, 0) is 5.41 Å². The Morgan fingerprint density at radius 2 is 1.55 bits per heavy atom. The number of piperazine rings is 1. The van der Waals surface area contributed by atoms with Crippen molar-refractivity contribution in [2.75, 3.05) is 13.6 Å². The van der Waals surface area contributed by atoms with Gasteiger partial charge in [0.1, 0.15) is 0 Å². The molecule has 1 aromatic rings. The predicted molar refractivity (Wildman–Crippen MR) is 135 cm³/mol. The highest BCUT2D eigenvalue weighted by atomic mass is 15.3. The molecule has 0 aromatic heterocycles. The molecule has 3 rings (SSSR count). The van der Waals surface area contributed by atoms with E-state index in [-0.39, 0.29) is 11.0 Å². The minimum absolute atomic E-state index is 0.0123. The predicted octanol–water partition coefficient (Wildman–Crippen LogP) is 7.41. The van der Waals surface area contributed by atoms with Gasteiger partial charge in [-0.3, -0.25) is 0 Å². The number of hydrogen-bond donors (Lipinski definition) is 0. The Kier molecular flexibility index (Phi) is 6.33. The molecule has 2 nitrogen and oxygen atoms in total. The van der Waals surface area contributed by atoms with E-state index in [1.807, 2.05) is 0 Å². The Hall–Kier alpha value is -2.22. The molecule has 0 bridgehead atoms. The lowest BCUT2D eigenvalue weighted by atomic mass is 9.74. The van der Waals surface area contributed by atoms with E-state index in [9.17, 15) is 0 Å². The average molecular weight is 419 g/mol. The van der Waals surface area contributed by atoms with Crippen LogP contribution in [0.3, 0.4) is 0 Å². The van der Waals surface area contributed by atoms with Crippen LogP contribution in [-0.4, -0.2) is 28.9 Å². The summed E-state index contributed by atoms with van der Waals surface area (Å²) in [7, 11) is 2.15. The highest BCUT2D eigenvalue weighted by molar-refractivity contribution is 5.44. The fourth-order valence-corrected chi connectivity index (χ4v) is 5.53. The van der Waals surface area contributed by atoms with Gasteiger partial charge in [0.15, 0.2) is 0 Å². The third-order valence-corrected chi connectivity index (χ3v) is 7.72. The van der Waals surface area contributed by atoms with Crippen LogP contribution in [0.5, 0.6) is 0 Å². The summed E-state index contributed by atoms with van der Waals surface area (Å²) in [5, 5.41) is 0. The first-order valence-corrected chi connectivity index (χ1v) is 11.7. The second-order valence-electron chi connectivity index (χ2n) is 10.8. The molecule has 0 N–H and O–H groups in total. The Balaban J connectivity index is 2.03. The molecule has 1 saturated carbocycles. The quantitative estimate of drug-likeness (QED) is 0.491. The molecule has 2 heteroatoms. The van der Waals surface area contributed by atoms with Gasteiger partial charge in [0.05, 0.1) is 16.9 Å². The van der Waals surface area contributed by atoms with Crippen molar-refractivity contribution in [3.8, 4) is 0 Å². The van der Waals surface area contributed by atoms with Gasteiger partial charge in [0.25, 0.3) is 0 Å². The Labute approximate surface area is 191 Å². The number of rotatable bonds is 5. The van der Waals surface area contributed by atoms with E-state index < -0.39 is 0 Å². The number of benzene rings is 1. The van der Waals surface area contributed by atoms with Crippen LogP contribution >= 0.6 is 0 Å². The largest absolute Gasteiger partial charge is 0.366 e. The van der Waals surface area contributed by atoms with Gasteiger partial charge in [0.2, 0.25) is 0 Å². The maximum Gasteiger partial charge on any atom is 0.0672 e. The van der Waals surface area contributed by atoms with Crippen molar-refractivity contribution in [1.29, 1.82) is 0 Å². The van der Waals surface area contributed by atoms with Gasteiger partial charge in [-0.2, -0.15) is 0 Å². The van der Waals surface area contributed by atoms with E-state index in [1.165, 1.54) is 59.3 Å². The summed E-state index contributed by atoms with van der Waals surface area (Å²) >= 11 is 0. The molecule has 0 radical (unpaired) electrons. The minimum Gasteiger partial charge on any atom is -0.366 e. The lowest BCUT2D eigenvalue weighted by molar-refractivity contribution is 0.120. The van der Waals surface area contributed by atoms with Gasteiger partial charge < -0.3 is 9.80 Å². The molecule has 1 saturated heterocycles. The maximum absolute atomic E-state index is 4.68. The molecular weight excluding hydrogens is 376 g/mol. The van der Waals surface area contributed by atoms with Crippen molar-refractivity contribution in [3.63, 3.8) is 0 Å². The van der Waals surface area contributed by atoms with E-state index >= 15 is 0 Å². The molecular formula is C29H42N2. The molecule has 0 unspecified atom stereocenters. The zero-order valence-corrected chi connectivity index (χ0v) is 21.0. The average Bonchev–Trinajstić information content (AvgIpc) is 3.14. The Morgan fingerprint density at radius 1 is 1.00 bits per heavy atom. The Bertz CT molecular complexity index is 917. The second kappa shape index (κ2) is 8.37. The molecule has 2 fully saturated rings. The summed E-state index contributed by atoms with van der Waals surface area (Å²) < 4.78 is 0. The second-order valence-corrected chi connectivity index (χ2v) is 10.8. The van der Waals surface area contributed by atoms with E-state index in [2.05, 4.69) is 96.3 Å². The number of likely N-dealkylation sites (N-methyl/N-ethyl adjacent to an activating group) is 1. The zero-order chi connectivity index (χ0) is 23.1. The van der Waals surface area contributed by atoms with Crippen molar-refractivity contribution in [2.45, 2.75) is 84.6 Å². The minimum atomic E-state index is -0.0123. The van der Waals surface area contributed by atoms with Crippen LogP contribution in [0.1, 0.15) is 76.5 Å². The monoisotopic (exact) mass is 418 g/mol. The standard InChI is InChI=1S/C29H42N2/c1-20(2)24(6)27-25(7)30(10)28(8,9)19-31(27)23(5)18-29(13-11-12-14-29)26-16-21(3)15-22(4)17-26/h15-17H,1,5,7,11-14,18-19H2,2-4,6,8-10H3/b27-24-. The first-order valence-electron chi connectivity index (χ1n) is 11.7. The molecule has 0 atom stereocenters. The van der Waals surface area contributed by atoms with Gasteiger partial charge in [0, 0.05) is 24.7 Å². The summed E-state index contributed by atoms with van der Waals surface area (Å²) in [6.07, 6.45) is 6.08. The summed E-state index contributed by atoms with van der Waals surface area (Å²) in [4.78, 5) is 4.77. The van der Waals surface area contributed by atoms with Crippen molar-refractivity contribution in [3.05, 3.63) is 82.9 Å². The van der Waals surface area contributed by atoms with E-state index in [4.69, 9.17) is 0 Å². The third-order valence-electron chi connectivity index (χ3n) is 7.72. The molecule has 31 heavy (non-hydrogen) atoms. The zero-order valence-electron chi connectivity index (χ0n) is 21.0. The van der Waals surface area contributed by atoms with Crippen molar-refractivity contribution in [2.24, 2.45) is 0 Å². The lowest BCUT2D eigenvalue weighted by Crippen LogP contribution is -2.55. The van der Waals surface area contributed by atoms with Gasteiger partial charge >= 0.3 is 0 Å². The summed E-state index contributed by atoms with van der Waals surface area (Å²) in [5.41, 5.74) is 10.1. The van der Waals surface area contributed by atoms with Crippen LogP contribution in [0.4, 0.5) is 0 Å². The SMILES string of the molecule is C=C(C)/C(C)=C1/C(=C)N(C)C(C)(C)CN1C(=C)CC1(c2cc(C)cc(C)c2)CCCC1. The highest BCUT2D eigenvalue weighted by Crippen LogP contribution is 2.48. The van der Waals surface area contributed by atoms with Crippen LogP contribution in [0, 0.1) is 13.8 Å². The highest BCUT2D eigenvalue weighted by Gasteiger charge is 2.41. The molecule has 1 heterocycles.